The second-order valence-electron chi connectivity index (χ2n) is 9.08. The standard InChI is InChI=1S/C22H18.2CH3.Hf/c1-2-7-17-13-20(12-16(17)6-1)22(10-5-11-22)21-14-18-8-3-4-9-19(18)15-21;;;/h1-4,6-9,12-15H,5,10-11H2;2*1H3;. The summed E-state index contributed by atoms with van der Waals surface area (Å²) in [6.07, 6.45) is 9.38. The summed E-state index contributed by atoms with van der Waals surface area (Å²) in [6.45, 7) is 0. The number of allylic oxidation sites excluding steroid dienone is 2. The molecular formula is C24H24Hf. The second-order valence-corrected chi connectivity index (χ2v) is 26.3. The maximum atomic E-state index is 2.74. The molecule has 1 saturated heterocycles. The zero-order valence-corrected chi connectivity index (χ0v) is 18.6. The van der Waals surface area contributed by atoms with Gasteiger partial charge in [0.1, 0.15) is 0 Å². The molecule has 0 nitrogen and oxygen atoms in total. The Morgan fingerprint density at radius 1 is 0.760 bits per heavy atom. The van der Waals surface area contributed by atoms with Gasteiger partial charge >= 0.3 is 155 Å². The van der Waals surface area contributed by atoms with Crippen molar-refractivity contribution >= 4 is 12.2 Å². The molecule has 6 rings (SSSR count). The van der Waals surface area contributed by atoms with Crippen molar-refractivity contribution in [3.8, 4) is 0 Å². The molecule has 2 atom stereocenters. The Balaban J connectivity index is 1.65. The Kier molecular flexibility index (Phi) is 2.83. The number of fused-ring (bicyclic) bond motifs is 8. The Morgan fingerprint density at radius 2 is 1.24 bits per heavy atom. The van der Waals surface area contributed by atoms with E-state index >= 15 is 0 Å². The number of benzene rings is 2. The minimum absolute atomic E-state index is 0.392. The van der Waals surface area contributed by atoms with Crippen LogP contribution in [0.3, 0.4) is 0 Å². The van der Waals surface area contributed by atoms with Crippen molar-refractivity contribution in [3.05, 3.63) is 81.9 Å². The molecule has 2 unspecified atom stereocenters. The predicted molar refractivity (Wildman–Crippen MR) is 102 cm³/mol. The van der Waals surface area contributed by atoms with Crippen molar-refractivity contribution in [1.82, 2.24) is 0 Å². The summed E-state index contributed by atoms with van der Waals surface area (Å²) in [4.78, 5) is 0. The van der Waals surface area contributed by atoms with Gasteiger partial charge in [0.2, 0.25) is 0 Å². The van der Waals surface area contributed by atoms with Crippen LogP contribution >= 0.6 is 0 Å². The van der Waals surface area contributed by atoms with Gasteiger partial charge < -0.3 is 0 Å². The Labute approximate surface area is 155 Å². The fourth-order valence-corrected chi connectivity index (χ4v) is 23.7. The molecule has 2 aromatic carbocycles. The Bertz CT molecular complexity index is 898. The molecule has 1 heterocycles. The molecule has 0 bridgehead atoms. The molecule has 0 radical (unpaired) electrons. The van der Waals surface area contributed by atoms with Crippen molar-refractivity contribution in [3.63, 3.8) is 0 Å². The Hall–Kier alpha value is -1.21. The summed E-state index contributed by atoms with van der Waals surface area (Å²) in [7, 11) is 0. The van der Waals surface area contributed by atoms with Gasteiger partial charge in [0.05, 0.1) is 0 Å². The first-order valence-corrected chi connectivity index (χ1v) is 21.1. The molecule has 1 saturated carbocycles. The molecule has 2 aromatic rings. The third-order valence-electron chi connectivity index (χ3n) is 7.66. The molecule has 0 aromatic heterocycles. The maximum absolute atomic E-state index is 2.74. The van der Waals surface area contributed by atoms with Crippen LogP contribution in [0.5, 0.6) is 0 Å². The molecule has 4 aliphatic rings. The van der Waals surface area contributed by atoms with Crippen molar-refractivity contribution in [2.24, 2.45) is 5.41 Å². The van der Waals surface area contributed by atoms with Gasteiger partial charge in [-0.25, -0.2) is 0 Å². The number of rotatable bonds is 0. The predicted octanol–water partition coefficient (Wildman–Crippen LogP) is 6.70. The van der Waals surface area contributed by atoms with E-state index in [2.05, 4.69) is 70.0 Å². The second kappa shape index (κ2) is 4.74. The van der Waals surface area contributed by atoms with Gasteiger partial charge in [0.25, 0.3) is 0 Å². The fourth-order valence-electron chi connectivity index (χ4n) is 6.52. The van der Waals surface area contributed by atoms with Gasteiger partial charge in [0.15, 0.2) is 0 Å². The van der Waals surface area contributed by atoms with Gasteiger partial charge in [-0.2, -0.15) is 0 Å². The number of hydrogen-bond acceptors (Lipinski definition) is 0. The van der Waals surface area contributed by atoms with Crippen LogP contribution in [0.4, 0.5) is 0 Å². The molecular weight excluding hydrogens is 467 g/mol. The molecule has 1 aliphatic heterocycles. The van der Waals surface area contributed by atoms with E-state index in [9.17, 15) is 0 Å². The summed E-state index contributed by atoms with van der Waals surface area (Å²) in [5.74, 6) is 0. The van der Waals surface area contributed by atoms with E-state index in [0.29, 0.717) is 5.41 Å². The first-order chi connectivity index (χ1) is 12.1. The summed E-state index contributed by atoms with van der Waals surface area (Å²) < 4.78 is 7.05. The zero-order valence-electron chi connectivity index (χ0n) is 15.0. The van der Waals surface area contributed by atoms with Gasteiger partial charge in [-0.3, -0.25) is 0 Å². The molecule has 1 heteroatoms. The van der Waals surface area contributed by atoms with Crippen LogP contribution in [0.2, 0.25) is 9.36 Å². The fraction of sp³-hybridized carbons (Fsp3) is 0.333. The van der Waals surface area contributed by atoms with Crippen LogP contribution in [-0.4, -0.2) is 0 Å². The van der Waals surface area contributed by atoms with Crippen LogP contribution in [-0.2, 0) is 20.0 Å². The summed E-state index contributed by atoms with van der Waals surface area (Å²) in [5.41, 5.74) is 10.4. The van der Waals surface area contributed by atoms with Crippen LogP contribution in [0.25, 0.3) is 12.2 Å². The van der Waals surface area contributed by atoms with Crippen LogP contribution in [0.15, 0.2) is 59.7 Å². The molecule has 3 aliphatic carbocycles. The average molecular weight is 491 g/mol. The molecule has 2 fully saturated rings. The summed E-state index contributed by atoms with van der Waals surface area (Å²) >= 11 is -2.63. The average Bonchev–Trinajstić information content (AvgIpc) is 3.13. The van der Waals surface area contributed by atoms with Gasteiger partial charge in [-0.15, -0.1) is 0 Å². The van der Waals surface area contributed by atoms with Crippen LogP contribution in [0.1, 0.15) is 48.9 Å². The van der Waals surface area contributed by atoms with E-state index < -0.39 is 20.0 Å². The first kappa shape index (κ1) is 14.9. The Morgan fingerprint density at radius 3 is 1.68 bits per heavy atom. The summed E-state index contributed by atoms with van der Waals surface area (Å²) in [6, 6.07) is 18.6. The van der Waals surface area contributed by atoms with Crippen molar-refractivity contribution in [2.45, 2.75) is 36.0 Å². The molecule has 0 amide bonds. The van der Waals surface area contributed by atoms with E-state index in [1.165, 1.54) is 30.4 Å². The first-order valence-electron chi connectivity index (χ1n) is 9.75. The zero-order chi connectivity index (χ0) is 16.8. The SMILES string of the molecule is [CH3][Hf]1([CH3])[CH]2C(=Cc3ccccc32)C2(CCC2)C2=Cc3ccccc3[CH]21. The van der Waals surface area contributed by atoms with E-state index in [-0.39, 0.29) is 0 Å². The minimum atomic E-state index is -2.63. The van der Waals surface area contributed by atoms with Gasteiger partial charge in [-0.05, 0) is 0 Å². The molecule has 124 valence electrons. The normalized spacial score (nSPS) is 29.0. The third kappa shape index (κ3) is 1.67. The van der Waals surface area contributed by atoms with E-state index in [4.69, 9.17) is 0 Å². The topological polar surface area (TPSA) is 0 Å². The molecule has 25 heavy (non-hydrogen) atoms. The third-order valence-corrected chi connectivity index (χ3v) is 22.8. The molecule has 1 spiro atoms. The van der Waals surface area contributed by atoms with Gasteiger partial charge in [-0.1, -0.05) is 0 Å². The monoisotopic (exact) mass is 492 g/mol. The van der Waals surface area contributed by atoms with E-state index in [0.717, 1.165) is 7.35 Å². The number of hydrogen-bond donors (Lipinski definition) is 0. The van der Waals surface area contributed by atoms with Crippen LogP contribution in [0, 0.1) is 5.41 Å². The molecule has 0 N–H and O–H groups in total. The van der Waals surface area contributed by atoms with Crippen LogP contribution < -0.4 is 0 Å². The van der Waals surface area contributed by atoms with Crippen molar-refractivity contribution in [2.75, 3.05) is 0 Å². The van der Waals surface area contributed by atoms with E-state index in [1.807, 2.05) is 11.1 Å². The van der Waals surface area contributed by atoms with Gasteiger partial charge in [0, 0.05) is 0 Å². The van der Waals surface area contributed by atoms with Crippen molar-refractivity contribution < 1.29 is 20.0 Å². The quantitative estimate of drug-likeness (QED) is 0.361. The summed E-state index contributed by atoms with van der Waals surface area (Å²) in [5, 5.41) is 0. The van der Waals surface area contributed by atoms with E-state index in [1.54, 1.807) is 11.1 Å². The van der Waals surface area contributed by atoms with Crippen molar-refractivity contribution in [1.29, 1.82) is 0 Å².